The van der Waals surface area contributed by atoms with Crippen molar-refractivity contribution in [3.05, 3.63) is 35.1 Å². The molecule has 2 saturated carbocycles. The van der Waals surface area contributed by atoms with Crippen molar-refractivity contribution < 1.29 is 26.3 Å². The van der Waals surface area contributed by atoms with E-state index in [9.17, 15) is 22.0 Å². The molecule has 2 aliphatic rings. The molecule has 140 valence electrons. The minimum Gasteiger partial charge on any atom is -0.244 e. The lowest BCUT2D eigenvalue weighted by molar-refractivity contribution is -0.0789. The van der Waals surface area contributed by atoms with E-state index in [2.05, 4.69) is 0 Å². The van der Waals surface area contributed by atoms with Crippen LogP contribution in [0, 0.1) is 29.3 Å². The van der Waals surface area contributed by atoms with Crippen molar-refractivity contribution in [3.63, 3.8) is 0 Å². The number of fused-ring (bicyclic) bond motifs is 1. The zero-order chi connectivity index (χ0) is 18.4. The number of halogens is 6. The lowest BCUT2D eigenvalue weighted by Crippen LogP contribution is -2.31. The Morgan fingerprint density at radius 2 is 1.68 bits per heavy atom. The van der Waals surface area contributed by atoms with Crippen LogP contribution in [-0.2, 0) is 0 Å². The van der Waals surface area contributed by atoms with Gasteiger partial charge >= 0.3 is 0 Å². The molecule has 3 rings (SSSR count). The predicted octanol–water partition coefficient (Wildman–Crippen LogP) is 6.54. The zero-order valence-corrected chi connectivity index (χ0v) is 14.1. The van der Waals surface area contributed by atoms with Crippen molar-refractivity contribution in [1.82, 2.24) is 0 Å². The van der Waals surface area contributed by atoms with Crippen molar-refractivity contribution >= 4 is 0 Å². The monoisotopic (exact) mass is 364 g/mol. The quantitative estimate of drug-likeness (QED) is 0.422. The largest absolute Gasteiger partial charge is 0.251 e. The van der Waals surface area contributed by atoms with Crippen LogP contribution in [0.4, 0.5) is 26.3 Å². The summed E-state index contributed by atoms with van der Waals surface area (Å²) in [5.74, 6) is -9.38. The number of alkyl halides is 3. The van der Waals surface area contributed by atoms with Crippen LogP contribution in [0.1, 0.15) is 63.4 Å². The third-order valence-corrected chi connectivity index (χ3v) is 6.03. The fraction of sp³-hybridized carbons (Fsp3) is 0.684. The summed E-state index contributed by atoms with van der Waals surface area (Å²) in [5, 5.41) is 0. The van der Waals surface area contributed by atoms with Crippen LogP contribution in [-0.4, -0.2) is 11.6 Å². The normalized spacial score (nSPS) is 34.6. The van der Waals surface area contributed by atoms with Gasteiger partial charge < -0.3 is 0 Å². The first-order valence-electron chi connectivity index (χ1n) is 8.87. The fourth-order valence-corrected chi connectivity index (χ4v) is 4.68. The molecule has 0 aromatic heterocycles. The van der Waals surface area contributed by atoms with Crippen LogP contribution in [0.5, 0.6) is 0 Å². The third kappa shape index (κ3) is 3.41. The summed E-state index contributed by atoms with van der Waals surface area (Å²) in [6.07, 6.45) is 0.686. The Balaban J connectivity index is 1.84. The minimum atomic E-state index is -2.93. The molecule has 6 heteroatoms. The molecule has 2 fully saturated rings. The maximum atomic E-state index is 15.4. The highest BCUT2D eigenvalue weighted by Gasteiger charge is 2.56. The van der Waals surface area contributed by atoms with E-state index in [-0.39, 0.29) is 31.2 Å². The summed E-state index contributed by atoms with van der Waals surface area (Å²) in [5.41, 5.74) is -1.60. The molecule has 0 saturated heterocycles. The Morgan fingerprint density at radius 3 is 2.28 bits per heavy atom. The van der Waals surface area contributed by atoms with Gasteiger partial charge in [-0.05, 0) is 61.6 Å². The first-order valence-corrected chi connectivity index (χ1v) is 8.87. The van der Waals surface area contributed by atoms with Gasteiger partial charge in [0.25, 0.3) is 5.92 Å². The van der Waals surface area contributed by atoms with E-state index in [1.54, 1.807) is 0 Å². The SMILES string of the molecule is CCCC1CCC2(F)CC(c3cc(F)c(F)c(F)c3)CC2CC1(F)F. The summed E-state index contributed by atoms with van der Waals surface area (Å²) in [7, 11) is 0. The minimum absolute atomic E-state index is 0.0422. The van der Waals surface area contributed by atoms with Crippen LogP contribution >= 0.6 is 0 Å². The highest BCUT2D eigenvalue weighted by atomic mass is 19.3. The molecule has 0 bridgehead atoms. The molecule has 0 N–H and O–H groups in total. The second-order valence-corrected chi connectivity index (χ2v) is 7.66. The number of hydrogen-bond acceptors (Lipinski definition) is 0. The van der Waals surface area contributed by atoms with Crippen LogP contribution in [0.25, 0.3) is 0 Å². The van der Waals surface area contributed by atoms with Crippen molar-refractivity contribution in [2.45, 2.75) is 69.4 Å². The smallest absolute Gasteiger partial charge is 0.244 e. The molecule has 4 unspecified atom stereocenters. The molecule has 0 aliphatic heterocycles. The molecular formula is C19H22F6. The topological polar surface area (TPSA) is 0 Å². The van der Waals surface area contributed by atoms with Gasteiger partial charge in [0.2, 0.25) is 0 Å². The van der Waals surface area contributed by atoms with Gasteiger partial charge in [-0.15, -0.1) is 0 Å². The Morgan fingerprint density at radius 1 is 1.04 bits per heavy atom. The number of benzene rings is 1. The van der Waals surface area contributed by atoms with Crippen molar-refractivity contribution in [2.75, 3.05) is 0 Å². The predicted molar refractivity (Wildman–Crippen MR) is 82.8 cm³/mol. The molecule has 0 nitrogen and oxygen atoms in total. The summed E-state index contributed by atoms with van der Waals surface area (Å²) in [6, 6.07) is 1.71. The summed E-state index contributed by atoms with van der Waals surface area (Å²) < 4.78 is 84.4. The summed E-state index contributed by atoms with van der Waals surface area (Å²) in [6.45, 7) is 1.83. The van der Waals surface area contributed by atoms with Crippen LogP contribution in [0.3, 0.4) is 0 Å². The average Bonchev–Trinajstić information content (AvgIpc) is 2.80. The highest BCUT2D eigenvalue weighted by molar-refractivity contribution is 5.26. The van der Waals surface area contributed by atoms with Crippen molar-refractivity contribution in [2.24, 2.45) is 11.8 Å². The zero-order valence-electron chi connectivity index (χ0n) is 14.1. The Hall–Kier alpha value is -1.20. The maximum Gasteiger partial charge on any atom is 0.251 e. The van der Waals surface area contributed by atoms with Gasteiger partial charge in [0, 0.05) is 12.3 Å². The molecule has 1 aromatic carbocycles. The molecule has 0 radical (unpaired) electrons. The average molecular weight is 364 g/mol. The molecule has 0 heterocycles. The number of hydrogen-bond donors (Lipinski definition) is 0. The lowest BCUT2D eigenvalue weighted by Gasteiger charge is -2.27. The van der Waals surface area contributed by atoms with Crippen LogP contribution in [0.15, 0.2) is 12.1 Å². The Labute approximate surface area is 143 Å². The van der Waals surface area contributed by atoms with Gasteiger partial charge in [-0.25, -0.2) is 26.3 Å². The van der Waals surface area contributed by atoms with Gasteiger partial charge in [0.1, 0.15) is 5.67 Å². The second-order valence-electron chi connectivity index (χ2n) is 7.66. The van der Waals surface area contributed by atoms with Gasteiger partial charge in [0.15, 0.2) is 17.5 Å². The van der Waals surface area contributed by atoms with Crippen molar-refractivity contribution in [1.29, 1.82) is 0 Å². The molecule has 0 amide bonds. The van der Waals surface area contributed by atoms with E-state index in [0.29, 0.717) is 12.8 Å². The van der Waals surface area contributed by atoms with Gasteiger partial charge in [-0.2, -0.15) is 0 Å². The van der Waals surface area contributed by atoms with E-state index in [1.807, 2.05) is 6.92 Å². The summed E-state index contributed by atoms with van der Waals surface area (Å²) >= 11 is 0. The molecule has 25 heavy (non-hydrogen) atoms. The van der Waals surface area contributed by atoms with Crippen molar-refractivity contribution in [3.8, 4) is 0 Å². The van der Waals surface area contributed by atoms with E-state index in [1.165, 1.54) is 0 Å². The second kappa shape index (κ2) is 6.51. The Bertz CT molecular complexity index is 620. The fourth-order valence-electron chi connectivity index (χ4n) is 4.68. The molecule has 0 spiro atoms. The number of rotatable bonds is 3. The first-order chi connectivity index (χ1) is 11.7. The maximum absolute atomic E-state index is 15.4. The summed E-state index contributed by atoms with van der Waals surface area (Å²) in [4.78, 5) is 0. The molecule has 2 aliphatic carbocycles. The van der Waals surface area contributed by atoms with Crippen LogP contribution < -0.4 is 0 Å². The third-order valence-electron chi connectivity index (χ3n) is 6.03. The van der Waals surface area contributed by atoms with Gasteiger partial charge in [0.05, 0.1) is 0 Å². The first kappa shape index (κ1) is 18.6. The highest BCUT2D eigenvalue weighted by Crippen LogP contribution is 2.57. The van der Waals surface area contributed by atoms with E-state index < -0.39 is 53.2 Å². The standard InChI is InChI=1S/C19H22F6/c1-2-3-13-4-5-18(23)9-12(6-14(18)10-19(13,24)25)11-7-15(20)17(22)16(21)8-11/h7-8,12-14H,2-6,9-10H2,1H3. The van der Waals surface area contributed by atoms with Gasteiger partial charge in [-0.3, -0.25) is 0 Å². The Kier molecular flexibility index (Phi) is 4.84. The van der Waals surface area contributed by atoms with Gasteiger partial charge in [-0.1, -0.05) is 13.3 Å². The molecule has 4 atom stereocenters. The van der Waals surface area contributed by atoms with E-state index in [0.717, 1.165) is 12.1 Å². The van der Waals surface area contributed by atoms with E-state index >= 15 is 4.39 Å². The molecular weight excluding hydrogens is 342 g/mol. The lowest BCUT2D eigenvalue weighted by atomic mass is 9.87. The molecule has 1 aromatic rings. The van der Waals surface area contributed by atoms with Crippen LogP contribution in [0.2, 0.25) is 0 Å². The van der Waals surface area contributed by atoms with E-state index in [4.69, 9.17) is 0 Å².